The van der Waals surface area contributed by atoms with Crippen LogP contribution in [-0.2, 0) is 20.2 Å². The molecule has 0 spiro atoms. The lowest BCUT2D eigenvalue weighted by Crippen LogP contribution is -2.33. The second-order valence-electron chi connectivity index (χ2n) is 6.19. The molecule has 0 aliphatic carbocycles. The molecule has 0 fully saturated rings. The summed E-state index contributed by atoms with van der Waals surface area (Å²) in [5, 5.41) is 0. The predicted molar refractivity (Wildman–Crippen MR) is 88.5 cm³/mol. The average Bonchev–Trinajstić information content (AvgIpc) is 2.96. The number of rotatable bonds is 3. The van der Waals surface area contributed by atoms with Crippen LogP contribution in [0.4, 0.5) is 0 Å². The van der Waals surface area contributed by atoms with Crippen molar-refractivity contribution >= 4 is 15.8 Å². The largest absolute Gasteiger partial charge is 0.478 e. The summed E-state index contributed by atoms with van der Waals surface area (Å²) >= 11 is 0. The number of carbonyl (C=O) groups is 1. The lowest BCUT2D eigenvalue weighted by molar-refractivity contribution is 0.0498. The summed E-state index contributed by atoms with van der Waals surface area (Å²) in [6.45, 7) is 5.66. The smallest absolute Gasteiger partial charge is 0.342 e. The van der Waals surface area contributed by atoms with E-state index in [-0.39, 0.29) is 17.1 Å². The van der Waals surface area contributed by atoms with Crippen LogP contribution in [0.5, 0.6) is 5.75 Å². The molecule has 1 aromatic heterocycles. The van der Waals surface area contributed by atoms with Gasteiger partial charge in [0.1, 0.15) is 11.2 Å². The van der Waals surface area contributed by atoms with Gasteiger partial charge in [0.05, 0.1) is 22.9 Å². The Labute approximate surface area is 140 Å². The first-order chi connectivity index (χ1) is 11.1. The molecule has 0 amide bonds. The van der Waals surface area contributed by atoms with Gasteiger partial charge in [0, 0.05) is 12.5 Å². The SMILES string of the molecule is CCOC(=O)c1cc(S(C)(=O)=O)cc2c1OC(C)(C)c1cccn1-2. The number of aromatic nitrogens is 1. The molecule has 128 valence electrons. The van der Waals surface area contributed by atoms with Crippen molar-refractivity contribution in [3.63, 3.8) is 0 Å². The molecule has 3 rings (SSSR count). The van der Waals surface area contributed by atoms with Gasteiger partial charge in [-0.15, -0.1) is 0 Å². The van der Waals surface area contributed by atoms with E-state index in [0.717, 1.165) is 11.9 Å². The molecule has 24 heavy (non-hydrogen) atoms. The Hall–Kier alpha value is -2.28. The first-order valence-corrected chi connectivity index (χ1v) is 9.46. The summed E-state index contributed by atoms with van der Waals surface area (Å²) in [6, 6.07) is 6.59. The van der Waals surface area contributed by atoms with E-state index < -0.39 is 21.4 Å². The number of sulfone groups is 1. The maximum absolute atomic E-state index is 12.4. The van der Waals surface area contributed by atoms with Crippen molar-refractivity contribution < 1.29 is 22.7 Å². The van der Waals surface area contributed by atoms with Gasteiger partial charge in [-0.2, -0.15) is 0 Å². The molecule has 0 unspecified atom stereocenters. The Bertz CT molecular complexity index is 924. The molecule has 6 nitrogen and oxygen atoms in total. The van der Waals surface area contributed by atoms with Crippen molar-refractivity contribution in [1.82, 2.24) is 4.57 Å². The van der Waals surface area contributed by atoms with Crippen molar-refractivity contribution in [2.75, 3.05) is 12.9 Å². The predicted octanol–water partition coefficient (Wildman–Crippen LogP) is 2.69. The molecule has 7 heteroatoms. The number of hydrogen-bond acceptors (Lipinski definition) is 5. The Morgan fingerprint density at radius 3 is 2.67 bits per heavy atom. The monoisotopic (exact) mass is 349 g/mol. The molecule has 0 atom stereocenters. The van der Waals surface area contributed by atoms with E-state index in [4.69, 9.17) is 9.47 Å². The highest BCUT2D eigenvalue weighted by molar-refractivity contribution is 7.90. The summed E-state index contributed by atoms with van der Waals surface area (Å²) in [5.74, 6) is -0.278. The second kappa shape index (κ2) is 5.37. The van der Waals surface area contributed by atoms with Crippen LogP contribution in [0.25, 0.3) is 5.69 Å². The minimum absolute atomic E-state index is 0.0484. The van der Waals surface area contributed by atoms with Gasteiger partial charge in [0.15, 0.2) is 15.6 Å². The Balaban J connectivity index is 2.34. The third kappa shape index (κ3) is 2.58. The first kappa shape index (κ1) is 16.6. The minimum Gasteiger partial charge on any atom is -0.478 e. The molecular weight excluding hydrogens is 330 g/mol. The number of ether oxygens (including phenoxy) is 2. The van der Waals surface area contributed by atoms with E-state index in [1.165, 1.54) is 12.1 Å². The molecule has 1 aliphatic heterocycles. The quantitative estimate of drug-likeness (QED) is 0.797. The standard InChI is InChI=1S/C17H19NO5S/c1-5-22-16(19)12-9-11(24(4,20)21)10-13-15(12)23-17(2,3)14-7-6-8-18(13)14/h6-10H,5H2,1-4H3. The molecule has 0 N–H and O–H groups in total. The van der Waals surface area contributed by atoms with Gasteiger partial charge < -0.3 is 14.0 Å². The van der Waals surface area contributed by atoms with Crippen LogP contribution in [0.15, 0.2) is 35.4 Å². The molecule has 0 saturated carbocycles. The van der Waals surface area contributed by atoms with Gasteiger partial charge in [-0.3, -0.25) is 0 Å². The van der Waals surface area contributed by atoms with Crippen molar-refractivity contribution in [2.45, 2.75) is 31.3 Å². The van der Waals surface area contributed by atoms with Gasteiger partial charge in [0.2, 0.25) is 0 Å². The van der Waals surface area contributed by atoms with E-state index in [2.05, 4.69) is 0 Å². The molecule has 2 heterocycles. The Morgan fingerprint density at radius 1 is 1.33 bits per heavy atom. The van der Waals surface area contributed by atoms with Crippen molar-refractivity contribution in [3.05, 3.63) is 41.7 Å². The summed E-state index contributed by atoms with van der Waals surface area (Å²) < 4.78 is 37.0. The molecule has 1 aromatic carbocycles. The van der Waals surface area contributed by atoms with Crippen LogP contribution in [0.2, 0.25) is 0 Å². The van der Waals surface area contributed by atoms with Crippen molar-refractivity contribution in [1.29, 1.82) is 0 Å². The number of benzene rings is 1. The number of carbonyl (C=O) groups excluding carboxylic acids is 1. The Morgan fingerprint density at radius 2 is 2.04 bits per heavy atom. The fourth-order valence-corrected chi connectivity index (χ4v) is 3.50. The lowest BCUT2D eigenvalue weighted by atomic mass is 10.0. The Kier molecular flexibility index (Phi) is 3.71. The maximum Gasteiger partial charge on any atom is 0.342 e. The van der Waals surface area contributed by atoms with Crippen molar-refractivity contribution in [3.8, 4) is 11.4 Å². The third-order valence-corrected chi connectivity index (χ3v) is 5.04. The van der Waals surface area contributed by atoms with Gasteiger partial charge in [0.25, 0.3) is 0 Å². The van der Waals surface area contributed by atoms with Crippen LogP contribution in [0, 0.1) is 0 Å². The van der Waals surface area contributed by atoms with Crippen molar-refractivity contribution in [2.24, 2.45) is 0 Å². The van der Waals surface area contributed by atoms with Crippen LogP contribution in [0.3, 0.4) is 0 Å². The molecule has 1 aliphatic rings. The average molecular weight is 349 g/mol. The van der Waals surface area contributed by atoms with E-state index in [1.807, 2.05) is 36.7 Å². The van der Waals surface area contributed by atoms with Gasteiger partial charge >= 0.3 is 5.97 Å². The third-order valence-electron chi connectivity index (χ3n) is 3.95. The summed E-state index contributed by atoms with van der Waals surface area (Å²) in [4.78, 5) is 12.4. The zero-order chi connectivity index (χ0) is 17.7. The molecule has 0 radical (unpaired) electrons. The molecule has 0 saturated heterocycles. The van der Waals surface area contributed by atoms with Gasteiger partial charge in [-0.05, 0) is 45.0 Å². The summed E-state index contributed by atoms with van der Waals surface area (Å²) in [7, 11) is -3.50. The number of fused-ring (bicyclic) bond motifs is 3. The second-order valence-corrected chi connectivity index (χ2v) is 8.20. The van der Waals surface area contributed by atoms with E-state index >= 15 is 0 Å². The fraction of sp³-hybridized carbons (Fsp3) is 0.353. The molecule has 0 bridgehead atoms. The highest BCUT2D eigenvalue weighted by atomic mass is 32.2. The maximum atomic E-state index is 12.4. The normalized spacial score (nSPS) is 15.2. The van der Waals surface area contributed by atoms with Crippen LogP contribution < -0.4 is 4.74 Å². The highest BCUT2D eigenvalue weighted by Crippen LogP contribution is 2.42. The van der Waals surface area contributed by atoms with Gasteiger partial charge in [-0.25, -0.2) is 13.2 Å². The summed E-state index contributed by atoms with van der Waals surface area (Å²) in [5.41, 5.74) is 0.836. The van der Waals surface area contributed by atoms with Gasteiger partial charge in [-0.1, -0.05) is 0 Å². The van der Waals surface area contributed by atoms with E-state index in [0.29, 0.717) is 11.4 Å². The number of nitrogens with zero attached hydrogens (tertiary/aromatic N) is 1. The number of hydrogen-bond donors (Lipinski definition) is 0. The highest BCUT2D eigenvalue weighted by Gasteiger charge is 2.36. The molecular formula is C17H19NO5S. The van der Waals surface area contributed by atoms with E-state index in [9.17, 15) is 13.2 Å². The van der Waals surface area contributed by atoms with E-state index in [1.54, 1.807) is 6.92 Å². The zero-order valence-electron chi connectivity index (χ0n) is 14.0. The first-order valence-electron chi connectivity index (χ1n) is 7.57. The molecule has 2 aromatic rings. The minimum atomic E-state index is -3.50. The zero-order valence-corrected chi connectivity index (χ0v) is 14.8. The van der Waals surface area contributed by atoms with Crippen LogP contribution in [0.1, 0.15) is 36.8 Å². The fourth-order valence-electron chi connectivity index (χ4n) is 2.84. The summed E-state index contributed by atoms with van der Waals surface area (Å²) in [6.07, 6.45) is 2.92. The topological polar surface area (TPSA) is 74.6 Å². The van der Waals surface area contributed by atoms with Crippen LogP contribution >= 0.6 is 0 Å². The lowest BCUT2D eigenvalue weighted by Gasteiger charge is -2.35. The van der Waals surface area contributed by atoms with Crippen LogP contribution in [-0.4, -0.2) is 31.8 Å². The number of esters is 1.